The number of aryl methyl sites for hydroxylation is 1. The van der Waals surface area contributed by atoms with Crippen molar-refractivity contribution in [1.82, 2.24) is 4.98 Å². The van der Waals surface area contributed by atoms with Crippen LogP contribution in [-0.2, 0) is 0 Å². The fourth-order valence-corrected chi connectivity index (χ4v) is 1.88. The normalized spacial score (nSPS) is 10.1. The van der Waals surface area contributed by atoms with Gasteiger partial charge in [-0.2, -0.15) is 5.26 Å². The molecular formula is C10H12N2S. The second kappa shape index (κ2) is 4.29. The molecule has 0 saturated carbocycles. The molecule has 0 aliphatic rings. The minimum atomic E-state index is 0.501. The van der Waals surface area contributed by atoms with Gasteiger partial charge in [0.05, 0.1) is 16.7 Å². The molecule has 13 heavy (non-hydrogen) atoms. The lowest BCUT2D eigenvalue weighted by atomic mass is 10.2. The van der Waals surface area contributed by atoms with Gasteiger partial charge in [-0.1, -0.05) is 13.8 Å². The summed E-state index contributed by atoms with van der Waals surface area (Å²) >= 11 is 1.68. The van der Waals surface area contributed by atoms with Crippen LogP contribution in [0.3, 0.4) is 0 Å². The molecule has 0 atom stereocenters. The fraction of sp³-hybridized carbons (Fsp3) is 0.400. The van der Waals surface area contributed by atoms with Gasteiger partial charge >= 0.3 is 0 Å². The SMILES string of the molecule is Cc1cc(C#N)cc(SC(C)C)n1. The van der Waals surface area contributed by atoms with Crippen LogP contribution in [0.25, 0.3) is 0 Å². The topological polar surface area (TPSA) is 36.7 Å². The summed E-state index contributed by atoms with van der Waals surface area (Å²) < 4.78 is 0. The summed E-state index contributed by atoms with van der Waals surface area (Å²) in [6, 6.07) is 5.76. The predicted octanol–water partition coefficient (Wildman–Crippen LogP) is 2.76. The Hall–Kier alpha value is -1.01. The molecule has 0 aliphatic carbocycles. The van der Waals surface area contributed by atoms with E-state index in [1.165, 1.54) is 0 Å². The van der Waals surface area contributed by atoms with Crippen LogP contribution in [0, 0.1) is 18.3 Å². The van der Waals surface area contributed by atoms with Crippen molar-refractivity contribution in [3.63, 3.8) is 0 Å². The van der Waals surface area contributed by atoms with E-state index in [0.717, 1.165) is 10.7 Å². The highest BCUT2D eigenvalue weighted by Crippen LogP contribution is 2.21. The molecule has 3 heteroatoms. The molecule has 1 aromatic heterocycles. The van der Waals surface area contributed by atoms with Gasteiger partial charge in [0.2, 0.25) is 0 Å². The van der Waals surface area contributed by atoms with Gasteiger partial charge in [0.25, 0.3) is 0 Å². The largest absolute Gasteiger partial charge is 0.247 e. The van der Waals surface area contributed by atoms with Gasteiger partial charge in [-0.3, -0.25) is 0 Å². The van der Waals surface area contributed by atoms with Gasteiger partial charge < -0.3 is 0 Å². The van der Waals surface area contributed by atoms with Crippen molar-refractivity contribution in [3.8, 4) is 6.07 Å². The van der Waals surface area contributed by atoms with Crippen LogP contribution < -0.4 is 0 Å². The monoisotopic (exact) mass is 192 g/mol. The molecule has 0 saturated heterocycles. The number of rotatable bonds is 2. The first-order chi connectivity index (χ1) is 6.11. The molecule has 1 rings (SSSR count). The van der Waals surface area contributed by atoms with Gasteiger partial charge in [-0.15, -0.1) is 11.8 Å². The smallest absolute Gasteiger partial charge is 0.0993 e. The Balaban J connectivity index is 2.96. The Morgan fingerprint density at radius 3 is 2.69 bits per heavy atom. The van der Waals surface area contributed by atoms with Crippen LogP contribution in [0.2, 0.25) is 0 Å². The molecule has 0 fully saturated rings. The van der Waals surface area contributed by atoms with Crippen LogP contribution in [0.4, 0.5) is 0 Å². The summed E-state index contributed by atoms with van der Waals surface area (Å²) in [5, 5.41) is 10.2. The minimum absolute atomic E-state index is 0.501. The van der Waals surface area contributed by atoms with Crippen molar-refractivity contribution in [2.75, 3.05) is 0 Å². The molecule has 1 heterocycles. The second-order valence-electron chi connectivity index (χ2n) is 3.11. The number of nitrogens with zero attached hydrogens (tertiary/aromatic N) is 2. The number of hydrogen-bond donors (Lipinski definition) is 0. The first kappa shape index (κ1) is 10.1. The van der Waals surface area contributed by atoms with E-state index >= 15 is 0 Å². The summed E-state index contributed by atoms with van der Waals surface area (Å²) in [5.41, 5.74) is 1.60. The molecule has 0 N–H and O–H groups in total. The maximum atomic E-state index is 8.73. The number of thioether (sulfide) groups is 1. The lowest BCUT2D eigenvalue weighted by Crippen LogP contribution is -1.92. The van der Waals surface area contributed by atoms with Crippen molar-refractivity contribution >= 4 is 11.8 Å². The zero-order valence-electron chi connectivity index (χ0n) is 8.03. The average Bonchev–Trinajstić information content (AvgIpc) is 2.01. The number of aromatic nitrogens is 1. The predicted molar refractivity (Wildman–Crippen MR) is 54.7 cm³/mol. The number of pyridine rings is 1. The van der Waals surface area contributed by atoms with Crippen molar-refractivity contribution in [2.45, 2.75) is 31.0 Å². The Morgan fingerprint density at radius 2 is 2.15 bits per heavy atom. The molecule has 0 radical (unpaired) electrons. The first-order valence-corrected chi connectivity index (χ1v) is 5.05. The highest BCUT2D eigenvalue weighted by molar-refractivity contribution is 7.99. The molecule has 0 spiro atoms. The summed E-state index contributed by atoms with van der Waals surface area (Å²) in [6.07, 6.45) is 0. The average molecular weight is 192 g/mol. The van der Waals surface area contributed by atoms with E-state index in [4.69, 9.17) is 5.26 Å². The summed E-state index contributed by atoms with van der Waals surface area (Å²) in [5.74, 6) is 0. The molecule has 2 nitrogen and oxygen atoms in total. The van der Waals surface area contributed by atoms with Gasteiger partial charge in [-0.05, 0) is 19.1 Å². The minimum Gasteiger partial charge on any atom is -0.247 e. The van der Waals surface area contributed by atoms with Gasteiger partial charge in [-0.25, -0.2) is 4.98 Å². The number of nitriles is 1. The molecule has 0 amide bonds. The first-order valence-electron chi connectivity index (χ1n) is 4.17. The van der Waals surface area contributed by atoms with Crippen LogP contribution in [0.1, 0.15) is 25.1 Å². The van der Waals surface area contributed by atoms with E-state index in [2.05, 4.69) is 24.9 Å². The standard InChI is InChI=1S/C10H12N2S/c1-7(2)13-10-5-9(6-11)4-8(3)12-10/h4-5,7H,1-3H3. The van der Waals surface area contributed by atoms with Crippen molar-refractivity contribution in [3.05, 3.63) is 23.4 Å². The quantitative estimate of drug-likeness (QED) is 0.676. The van der Waals surface area contributed by atoms with E-state index in [9.17, 15) is 0 Å². The fourth-order valence-electron chi connectivity index (χ4n) is 1.00. The highest BCUT2D eigenvalue weighted by Gasteiger charge is 2.02. The van der Waals surface area contributed by atoms with Crippen molar-refractivity contribution < 1.29 is 0 Å². The third kappa shape index (κ3) is 3.08. The zero-order chi connectivity index (χ0) is 9.84. The Labute approximate surface area is 83.0 Å². The maximum absolute atomic E-state index is 8.73. The summed E-state index contributed by atoms with van der Waals surface area (Å²) in [7, 11) is 0. The van der Waals surface area contributed by atoms with Crippen LogP contribution in [0.15, 0.2) is 17.2 Å². The summed E-state index contributed by atoms with van der Waals surface area (Å²) in [6.45, 7) is 6.13. The Morgan fingerprint density at radius 1 is 1.46 bits per heavy atom. The van der Waals surface area contributed by atoms with Crippen LogP contribution in [0.5, 0.6) is 0 Å². The van der Waals surface area contributed by atoms with Crippen molar-refractivity contribution in [2.24, 2.45) is 0 Å². The van der Waals surface area contributed by atoms with Crippen molar-refractivity contribution in [1.29, 1.82) is 5.26 Å². The molecule has 1 aromatic rings. The van der Waals surface area contributed by atoms with E-state index in [-0.39, 0.29) is 0 Å². The van der Waals surface area contributed by atoms with E-state index in [1.54, 1.807) is 17.8 Å². The summed E-state index contributed by atoms with van der Waals surface area (Å²) in [4.78, 5) is 4.33. The third-order valence-electron chi connectivity index (χ3n) is 1.42. The third-order valence-corrected chi connectivity index (χ3v) is 2.34. The maximum Gasteiger partial charge on any atom is 0.0993 e. The second-order valence-corrected chi connectivity index (χ2v) is 4.71. The van der Waals surface area contributed by atoms with E-state index < -0.39 is 0 Å². The van der Waals surface area contributed by atoms with Gasteiger partial charge in [0, 0.05) is 10.9 Å². The van der Waals surface area contributed by atoms with Gasteiger partial charge in [0.15, 0.2) is 0 Å². The van der Waals surface area contributed by atoms with Crippen LogP contribution in [-0.4, -0.2) is 10.2 Å². The molecular weight excluding hydrogens is 180 g/mol. The van der Waals surface area contributed by atoms with E-state index in [1.807, 2.05) is 13.0 Å². The van der Waals surface area contributed by atoms with Gasteiger partial charge in [0.1, 0.15) is 0 Å². The zero-order valence-corrected chi connectivity index (χ0v) is 8.85. The Bertz CT molecular complexity index is 339. The molecule has 0 aliphatic heterocycles. The van der Waals surface area contributed by atoms with Crippen LogP contribution >= 0.6 is 11.8 Å². The lowest BCUT2D eigenvalue weighted by Gasteiger charge is -2.04. The lowest BCUT2D eigenvalue weighted by molar-refractivity contribution is 1.03. The number of hydrogen-bond acceptors (Lipinski definition) is 3. The Kier molecular flexibility index (Phi) is 3.32. The molecule has 0 bridgehead atoms. The van der Waals surface area contributed by atoms with E-state index in [0.29, 0.717) is 10.8 Å². The molecule has 0 aromatic carbocycles. The highest BCUT2D eigenvalue weighted by atomic mass is 32.2. The molecule has 0 unspecified atom stereocenters. The molecule has 68 valence electrons.